The lowest BCUT2D eigenvalue weighted by atomic mass is 9.93. The molecule has 4 heterocycles. The molecule has 0 saturated carbocycles. The predicted molar refractivity (Wildman–Crippen MR) is 176 cm³/mol. The monoisotopic (exact) mass is 670 g/mol. The summed E-state index contributed by atoms with van der Waals surface area (Å²) in [5.74, 6) is 1.64. The van der Waals surface area contributed by atoms with E-state index in [1.54, 1.807) is 25.4 Å². The summed E-state index contributed by atoms with van der Waals surface area (Å²) in [7, 11) is 1.43. The number of piperazine rings is 1. The van der Waals surface area contributed by atoms with Gasteiger partial charge in [0.25, 0.3) is 0 Å². The summed E-state index contributed by atoms with van der Waals surface area (Å²) in [5.41, 5.74) is 2.47. The molecule has 2 saturated heterocycles. The number of aromatic nitrogens is 3. The smallest absolute Gasteiger partial charge is 0.305 e. The first-order chi connectivity index (χ1) is 22.1. The largest absolute Gasteiger partial charge is 0.469 e. The van der Waals surface area contributed by atoms with Crippen molar-refractivity contribution in [1.82, 2.24) is 24.8 Å². The molecule has 1 atom stereocenters. The van der Waals surface area contributed by atoms with Gasteiger partial charge in [0, 0.05) is 67.2 Å². The Labute approximate surface area is 279 Å². The van der Waals surface area contributed by atoms with E-state index < -0.39 is 6.10 Å². The number of halogens is 2. The highest BCUT2D eigenvalue weighted by molar-refractivity contribution is 6.35. The number of benzene rings is 1. The summed E-state index contributed by atoms with van der Waals surface area (Å²) in [4.78, 5) is 44.2. The number of carbonyl (C=O) groups excluding carboxylic acids is 2. The molecule has 0 aliphatic carbocycles. The van der Waals surface area contributed by atoms with Gasteiger partial charge >= 0.3 is 5.97 Å². The summed E-state index contributed by atoms with van der Waals surface area (Å²) < 4.78 is 11.0. The number of carbonyl (C=O) groups is 2. The average molecular weight is 672 g/mol. The van der Waals surface area contributed by atoms with Gasteiger partial charge in [0.15, 0.2) is 5.75 Å². The minimum Gasteiger partial charge on any atom is -0.469 e. The quantitative estimate of drug-likeness (QED) is 0.272. The van der Waals surface area contributed by atoms with Crippen molar-refractivity contribution in [2.75, 3.05) is 51.3 Å². The first kappa shape index (κ1) is 33.8. The molecule has 1 aromatic carbocycles. The fourth-order valence-electron chi connectivity index (χ4n) is 5.77. The molecule has 1 unspecified atom stereocenters. The zero-order chi connectivity index (χ0) is 32.6. The number of rotatable bonds is 11. The van der Waals surface area contributed by atoms with Gasteiger partial charge in [-0.2, -0.15) is 0 Å². The maximum Gasteiger partial charge on any atom is 0.305 e. The third-order valence-corrected chi connectivity index (χ3v) is 8.78. The molecule has 13 heteroatoms. The maximum atomic E-state index is 12.4. The Balaban J connectivity index is 1.26. The van der Waals surface area contributed by atoms with Gasteiger partial charge in [-0.3, -0.25) is 14.5 Å². The van der Waals surface area contributed by atoms with Gasteiger partial charge in [-0.15, -0.1) is 0 Å². The number of nitrogens with zero attached hydrogens (tertiary/aromatic N) is 6. The number of likely N-dealkylation sites (tertiary alicyclic amines) is 1. The first-order valence-electron chi connectivity index (χ1n) is 15.6. The number of methoxy groups -OCH3 is 1. The second-order valence-electron chi connectivity index (χ2n) is 11.9. The molecule has 0 radical (unpaired) electrons. The molecule has 2 aliphatic heterocycles. The summed E-state index contributed by atoms with van der Waals surface area (Å²) in [6, 6.07) is 9.25. The van der Waals surface area contributed by atoms with E-state index in [0.717, 1.165) is 37.1 Å². The van der Waals surface area contributed by atoms with Gasteiger partial charge in [0.2, 0.25) is 17.7 Å². The van der Waals surface area contributed by atoms with Crippen LogP contribution in [0.3, 0.4) is 0 Å². The van der Waals surface area contributed by atoms with Crippen LogP contribution in [-0.4, -0.2) is 94.2 Å². The molecule has 2 aromatic heterocycles. The third kappa shape index (κ3) is 9.51. The Morgan fingerprint density at radius 2 is 1.65 bits per heavy atom. The number of aliphatic hydroxyl groups excluding tert-OH is 1. The summed E-state index contributed by atoms with van der Waals surface area (Å²) >= 11 is 12.6. The van der Waals surface area contributed by atoms with Crippen LogP contribution >= 0.6 is 23.2 Å². The van der Waals surface area contributed by atoms with E-state index in [1.165, 1.54) is 7.11 Å². The molecule has 1 amide bonds. The van der Waals surface area contributed by atoms with E-state index in [1.807, 2.05) is 34.1 Å². The van der Waals surface area contributed by atoms with Gasteiger partial charge in [-0.1, -0.05) is 23.2 Å². The highest BCUT2D eigenvalue weighted by Gasteiger charge is 2.24. The number of pyridine rings is 1. The lowest BCUT2D eigenvalue weighted by Crippen LogP contribution is -2.49. The van der Waals surface area contributed by atoms with Crippen molar-refractivity contribution in [3.05, 3.63) is 58.3 Å². The number of esters is 1. The van der Waals surface area contributed by atoms with Crippen LogP contribution in [0.15, 0.2) is 42.7 Å². The van der Waals surface area contributed by atoms with E-state index in [2.05, 4.69) is 14.9 Å². The first-order valence-corrected chi connectivity index (χ1v) is 16.4. The van der Waals surface area contributed by atoms with Crippen molar-refractivity contribution in [1.29, 1.82) is 0 Å². The zero-order valence-electron chi connectivity index (χ0n) is 26.2. The van der Waals surface area contributed by atoms with Gasteiger partial charge in [-0.25, -0.2) is 15.0 Å². The van der Waals surface area contributed by atoms with E-state index in [4.69, 9.17) is 37.7 Å². The van der Waals surface area contributed by atoms with Crippen LogP contribution in [0.25, 0.3) is 11.3 Å². The highest BCUT2D eigenvalue weighted by atomic mass is 35.5. The fourth-order valence-corrected chi connectivity index (χ4v) is 6.30. The SMILES string of the molecule is COC(=O)CC1CCN(Cc2cc(Oc3cnc(N4CCN(C(=O)CCC(C)O)CC4)nc3)nc(-c3cc(Cl)cc(Cl)c3)c2)CC1. The van der Waals surface area contributed by atoms with E-state index in [0.29, 0.717) is 91.2 Å². The maximum absolute atomic E-state index is 12.4. The van der Waals surface area contributed by atoms with Crippen molar-refractivity contribution in [2.45, 2.75) is 51.7 Å². The Morgan fingerprint density at radius 1 is 0.978 bits per heavy atom. The molecule has 0 bridgehead atoms. The second kappa shape index (κ2) is 15.9. The van der Waals surface area contributed by atoms with Crippen molar-refractivity contribution in [3.8, 4) is 22.9 Å². The number of piperidine rings is 1. The van der Waals surface area contributed by atoms with Crippen LogP contribution in [-0.2, 0) is 20.9 Å². The minimum atomic E-state index is -0.484. The standard InChI is InChI=1S/C33H40Cl2N6O5/c1-22(42)3-4-31(43)40-9-11-41(12-10-40)33-36-19-28(20-37-33)46-30-14-24(13-29(38-30)25-16-26(34)18-27(35)17-25)21-39-7-5-23(6-8-39)15-32(44)45-2/h13-14,16-20,22-23,42H,3-12,15,21H2,1-2H3. The van der Waals surface area contributed by atoms with E-state index >= 15 is 0 Å². The second-order valence-corrected chi connectivity index (χ2v) is 12.8. The number of ether oxygens (including phenoxy) is 2. The number of anilines is 1. The molecule has 46 heavy (non-hydrogen) atoms. The van der Waals surface area contributed by atoms with Gasteiger partial charge in [0.05, 0.1) is 31.3 Å². The van der Waals surface area contributed by atoms with Crippen LogP contribution in [0.1, 0.15) is 44.6 Å². The van der Waals surface area contributed by atoms with E-state index in [9.17, 15) is 14.7 Å². The minimum absolute atomic E-state index is 0.0578. The Kier molecular flexibility index (Phi) is 11.7. The van der Waals surface area contributed by atoms with Gasteiger partial charge in [0.1, 0.15) is 0 Å². The Morgan fingerprint density at radius 3 is 2.28 bits per heavy atom. The molecule has 3 aromatic rings. The number of hydrogen-bond donors (Lipinski definition) is 1. The van der Waals surface area contributed by atoms with Crippen LogP contribution in [0.2, 0.25) is 10.0 Å². The number of hydrogen-bond acceptors (Lipinski definition) is 10. The molecule has 1 N–H and O–H groups in total. The number of amides is 1. The molecule has 246 valence electrons. The molecule has 5 rings (SSSR count). The Hall–Kier alpha value is -3.51. The molecule has 11 nitrogen and oxygen atoms in total. The zero-order valence-corrected chi connectivity index (χ0v) is 27.7. The lowest BCUT2D eigenvalue weighted by molar-refractivity contribution is -0.142. The number of aliphatic hydroxyl groups is 1. The van der Waals surface area contributed by atoms with Crippen molar-refractivity contribution >= 4 is 41.0 Å². The third-order valence-electron chi connectivity index (χ3n) is 8.34. The van der Waals surface area contributed by atoms with Crippen LogP contribution < -0.4 is 9.64 Å². The predicted octanol–water partition coefficient (Wildman–Crippen LogP) is 5.22. The summed E-state index contributed by atoms with van der Waals surface area (Å²) in [6.07, 6.45) is 5.89. The van der Waals surface area contributed by atoms with Crippen molar-refractivity contribution in [3.63, 3.8) is 0 Å². The average Bonchev–Trinajstić information content (AvgIpc) is 3.04. The van der Waals surface area contributed by atoms with E-state index in [-0.39, 0.29) is 11.9 Å². The summed E-state index contributed by atoms with van der Waals surface area (Å²) in [6.45, 7) is 6.53. The molecular weight excluding hydrogens is 631 g/mol. The van der Waals surface area contributed by atoms with Crippen LogP contribution in [0.4, 0.5) is 5.95 Å². The highest BCUT2D eigenvalue weighted by Crippen LogP contribution is 2.31. The molecule has 2 aliphatic rings. The topological polar surface area (TPSA) is 121 Å². The van der Waals surface area contributed by atoms with Gasteiger partial charge in [-0.05, 0) is 75.0 Å². The molecular formula is C33H40Cl2N6O5. The van der Waals surface area contributed by atoms with Crippen molar-refractivity contribution in [2.24, 2.45) is 5.92 Å². The lowest BCUT2D eigenvalue weighted by Gasteiger charge is -2.34. The molecule has 2 fully saturated rings. The molecule has 0 spiro atoms. The van der Waals surface area contributed by atoms with Crippen molar-refractivity contribution < 1.29 is 24.2 Å². The Bertz CT molecular complexity index is 1470. The van der Waals surface area contributed by atoms with Crippen LogP contribution in [0, 0.1) is 5.92 Å². The van der Waals surface area contributed by atoms with Gasteiger partial charge < -0.3 is 24.4 Å². The normalized spacial score (nSPS) is 16.7. The fraction of sp³-hybridized carbons (Fsp3) is 0.485. The summed E-state index contributed by atoms with van der Waals surface area (Å²) in [5, 5.41) is 10.5. The van der Waals surface area contributed by atoms with Crippen LogP contribution in [0.5, 0.6) is 11.6 Å².